The highest BCUT2D eigenvalue weighted by Crippen LogP contribution is 2.31. The molecule has 31 heavy (non-hydrogen) atoms. The number of rotatable bonds is 4. The van der Waals surface area contributed by atoms with Crippen LogP contribution < -0.4 is 0 Å². The minimum absolute atomic E-state index is 0.0900. The molecule has 1 amide bonds. The molecule has 4 rings (SSSR count). The predicted molar refractivity (Wildman–Crippen MR) is 110 cm³/mol. The van der Waals surface area contributed by atoms with E-state index in [1.165, 1.54) is 24.1 Å². The molecule has 3 heterocycles. The topological polar surface area (TPSA) is 124 Å². The molecule has 162 valence electrons. The summed E-state index contributed by atoms with van der Waals surface area (Å²) >= 11 is 0. The Morgan fingerprint density at radius 3 is 2.52 bits per heavy atom. The number of methoxy groups -OCH3 is 1. The summed E-state index contributed by atoms with van der Waals surface area (Å²) in [5, 5.41) is 4.16. The molecule has 0 N–H and O–H groups in total. The second-order valence-electron chi connectivity index (χ2n) is 7.41. The van der Waals surface area contributed by atoms with Crippen molar-refractivity contribution in [1.29, 1.82) is 0 Å². The molecule has 0 spiro atoms. The van der Waals surface area contributed by atoms with Crippen LogP contribution in [0.2, 0.25) is 0 Å². The SMILES string of the molecule is COC(=O)c1ccc(C(=O)N2CCCC(c3c(S(C)(=O)=O)cnc4ncnn34)C2)cc1. The van der Waals surface area contributed by atoms with Crippen molar-refractivity contribution in [1.82, 2.24) is 24.5 Å². The first-order chi connectivity index (χ1) is 14.8. The maximum atomic E-state index is 13.1. The summed E-state index contributed by atoms with van der Waals surface area (Å²) in [6.45, 7) is 0.882. The third kappa shape index (κ3) is 4.00. The summed E-state index contributed by atoms with van der Waals surface area (Å²) < 4.78 is 30.9. The van der Waals surface area contributed by atoms with Gasteiger partial charge in [0.1, 0.15) is 11.2 Å². The zero-order valence-electron chi connectivity index (χ0n) is 17.1. The molecule has 0 saturated carbocycles. The van der Waals surface area contributed by atoms with Gasteiger partial charge in [-0.15, -0.1) is 0 Å². The van der Waals surface area contributed by atoms with E-state index in [2.05, 4.69) is 19.8 Å². The molecule has 2 aromatic heterocycles. The minimum atomic E-state index is -3.56. The first kappa shape index (κ1) is 20.9. The third-order valence-electron chi connectivity index (χ3n) is 5.36. The quantitative estimate of drug-likeness (QED) is 0.553. The van der Waals surface area contributed by atoms with Crippen LogP contribution in [0.15, 0.2) is 41.7 Å². The van der Waals surface area contributed by atoms with Crippen LogP contribution >= 0.6 is 0 Å². The highest BCUT2D eigenvalue weighted by molar-refractivity contribution is 7.90. The molecular weight excluding hydrogens is 422 g/mol. The lowest BCUT2D eigenvalue weighted by Crippen LogP contribution is -2.40. The fraction of sp³-hybridized carbons (Fsp3) is 0.350. The molecule has 0 aliphatic carbocycles. The largest absolute Gasteiger partial charge is 0.465 e. The van der Waals surface area contributed by atoms with Crippen molar-refractivity contribution in [2.45, 2.75) is 23.7 Å². The number of hydrogen-bond acceptors (Lipinski definition) is 8. The monoisotopic (exact) mass is 443 g/mol. The van der Waals surface area contributed by atoms with Crippen molar-refractivity contribution in [2.24, 2.45) is 0 Å². The fourth-order valence-electron chi connectivity index (χ4n) is 3.87. The van der Waals surface area contributed by atoms with E-state index < -0.39 is 15.8 Å². The molecule has 1 aromatic carbocycles. The number of amides is 1. The Bertz CT molecular complexity index is 1250. The average Bonchev–Trinajstić information content (AvgIpc) is 3.26. The molecule has 1 fully saturated rings. The summed E-state index contributed by atoms with van der Waals surface area (Å²) in [6, 6.07) is 6.26. The second kappa shape index (κ2) is 8.06. The molecule has 1 aliphatic rings. The Morgan fingerprint density at radius 2 is 1.84 bits per heavy atom. The van der Waals surface area contributed by atoms with Crippen molar-refractivity contribution in [3.05, 3.63) is 53.6 Å². The molecular formula is C20H21N5O5S. The number of likely N-dealkylation sites (tertiary alicyclic amines) is 1. The van der Waals surface area contributed by atoms with Crippen molar-refractivity contribution < 1.29 is 22.7 Å². The standard InChI is InChI=1S/C20H21N5O5S/c1-30-19(27)14-7-5-13(6-8-14)18(26)24-9-3-4-15(11-24)17-16(31(2,28)29)10-21-20-22-12-23-25(17)20/h5-8,10,12,15H,3-4,9,11H2,1-2H3. The highest BCUT2D eigenvalue weighted by Gasteiger charge is 2.31. The highest BCUT2D eigenvalue weighted by atomic mass is 32.2. The van der Waals surface area contributed by atoms with E-state index in [9.17, 15) is 18.0 Å². The smallest absolute Gasteiger partial charge is 0.337 e. The van der Waals surface area contributed by atoms with Crippen LogP contribution in [-0.4, -0.2) is 71.2 Å². The van der Waals surface area contributed by atoms with Crippen LogP contribution in [0.25, 0.3) is 5.78 Å². The van der Waals surface area contributed by atoms with E-state index in [1.807, 2.05) is 0 Å². The first-order valence-corrected chi connectivity index (χ1v) is 11.5. The van der Waals surface area contributed by atoms with E-state index in [0.29, 0.717) is 48.5 Å². The van der Waals surface area contributed by atoms with Gasteiger partial charge in [0, 0.05) is 30.8 Å². The van der Waals surface area contributed by atoms with E-state index >= 15 is 0 Å². The number of hydrogen-bond donors (Lipinski definition) is 0. The van der Waals surface area contributed by atoms with Crippen molar-refractivity contribution >= 4 is 27.5 Å². The van der Waals surface area contributed by atoms with E-state index in [1.54, 1.807) is 29.2 Å². The van der Waals surface area contributed by atoms with Gasteiger partial charge in [-0.2, -0.15) is 14.6 Å². The lowest BCUT2D eigenvalue weighted by atomic mass is 9.93. The van der Waals surface area contributed by atoms with Gasteiger partial charge < -0.3 is 9.64 Å². The third-order valence-corrected chi connectivity index (χ3v) is 6.47. The van der Waals surface area contributed by atoms with E-state index in [4.69, 9.17) is 0 Å². The van der Waals surface area contributed by atoms with Crippen molar-refractivity contribution in [3.8, 4) is 0 Å². The van der Waals surface area contributed by atoms with Gasteiger partial charge in [0.15, 0.2) is 9.84 Å². The van der Waals surface area contributed by atoms with Crippen molar-refractivity contribution in [3.63, 3.8) is 0 Å². The summed E-state index contributed by atoms with van der Waals surface area (Å²) in [5.41, 5.74) is 1.29. The van der Waals surface area contributed by atoms with E-state index in [-0.39, 0.29) is 16.7 Å². The van der Waals surface area contributed by atoms with Gasteiger partial charge in [0.05, 0.1) is 24.6 Å². The first-order valence-electron chi connectivity index (χ1n) is 9.66. The molecule has 1 aliphatic heterocycles. The molecule has 1 atom stereocenters. The molecule has 3 aromatic rings. The van der Waals surface area contributed by atoms with E-state index in [0.717, 1.165) is 6.26 Å². The number of carbonyl (C=O) groups is 2. The van der Waals surface area contributed by atoms with Crippen LogP contribution in [0.1, 0.15) is 45.2 Å². The molecule has 0 bridgehead atoms. The Kier molecular flexibility index (Phi) is 5.44. The van der Waals surface area contributed by atoms with Crippen molar-refractivity contribution in [2.75, 3.05) is 26.5 Å². The number of carbonyl (C=O) groups excluding carboxylic acids is 2. The Hall–Kier alpha value is -3.34. The fourth-order valence-corrected chi connectivity index (χ4v) is 4.75. The molecule has 1 saturated heterocycles. The van der Waals surface area contributed by atoms with Crippen LogP contribution in [-0.2, 0) is 14.6 Å². The maximum absolute atomic E-state index is 13.1. The van der Waals surface area contributed by atoms with Gasteiger partial charge in [-0.3, -0.25) is 4.79 Å². The number of piperidine rings is 1. The van der Waals surface area contributed by atoms with Gasteiger partial charge in [-0.05, 0) is 37.1 Å². The van der Waals surface area contributed by atoms with Crippen LogP contribution in [0, 0.1) is 0 Å². The number of benzene rings is 1. The van der Waals surface area contributed by atoms with Gasteiger partial charge in [-0.25, -0.2) is 18.2 Å². The molecule has 10 nitrogen and oxygen atoms in total. The van der Waals surface area contributed by atoms with Gasteiger partial charge in [0.25, 0.3) is 11.7 Å². The Morgan fingerprint density at radius 1 is 1.13 bits per heavy atom. The minimum Gasteiger partial charge on any atom is -0.465 e. The number of sulfone groups is 1. The predicted octanol–water partition coefficient (Wildman–Crippen LogP) is 1.33. The molecule has 0 radical (unpaired) electrons. The summed E-state index contributed by atoms with van der Waals surface area (Å²) in [7, 11) is -2.26. The average molecular weight is 443 g/mol. The Labute approximate surface area is 178 Å². The number of fused-ring (bicyclic) bond motifs is 1. The normalized spacial score (nSPS) is 17.0. The number of esters is 1. The summed E-state index contributed by atoms with van der Waals surface area (Å²) in [5.74, 6) is -0.598. The number of ether oxygens (including phenoxy) is 1. The van der Waals surface area contributed by atoms with Crippen LogP contribution in [0.4, 0.5) is 0 Å². The van der Waals surface area contributed by atoms with Gasteiger partial charge in [-0.1, -0.05) is 0 Å². The molecule has 11 heteroatoms. The lowest BCUT2D eigenvalue weighted by Gasteiger charge is -2.33. The molecule has 1 unspecified atom stereocenters. The lowest BCUT2D eigenvalue weighted by molar-refractivity contribution is 0.0599. The number of nitrogens with zero attached hydrogens (tertiary/aromatic N) is 5. The summed E-state index contributed by atoms with van der Waals surface area (Å²) in [6.07, 6.45) is 5.17. The van der Waals surface area contributed by atoms with Gasteiger partial charge >= 0.3 is 5.97 Å². The Balaban J connectivity index is 1.64. The zero-order chi connectivity index (χ0) is 22.2. The van der Waals surface area contributed by atoms with Crippen LogP contribution in [0.5, 0.6) is 0 Å². The maximum Gasteiger partial charge on any atom is 0.337 e. The number of aromatic nitrogens is 4. The zero-order valence-corrected chi connectivity index (χ0v) is 17.9. The second-order valence-corrected chi connectivity index (χ2v) is 9.40. The van der Waals surface area contributed by atoms with Gasteiger partial charge in [0.2, 0.25) is 0 Å². The summed E-state index contributed by atoms with van der Waals surface area (Å²) in [4.78, 5) is 34.6. The van der Waals surface area contributed by atoms with Crippen LogP contribution in [0.3, 0.4) is 0 Å².